The summed E-state index contributed by atoms with van der Waals surface area (Å²) in [6.45, 7) is 5.85. The van der Waals surface area contributed by atoms with E-state index in [0.717, 1.165) is 17.7 Å². The average molecular weight is 849 g/mol. The lowest BCUT2D eigenvalue weighted by Crippen LogP contribution is -2.08. The van der Waals surface area contributed by atoms with Gasteiger partial charge >= 0.3 is 0 Å². The van der Waals surface area contributed by atoms with E-state index in [0.29, 0.717) is 57.6 Å². The van der Waals surface area contributed by atoms with Gasteiger partial charge in [-0.2, -0.15) is 31.0 Å². The Morgan fingerprint density at radius 1 is 0.613 bits per heavy atom. The molecule has 15 heteroatoms. The SMILES string of the molecule is C.CCN.CCNc1nc(OCc2ccccc2)c(C#N)c(-c2ccc3c(c2)OCO3)c1C#N.N#Cc1c(Cl)nc(OCc2ccccc2)c(C#N)c1-c1ccc2c(c1)OCO2. The molecule has 0 saturated carbocycles. The molecule has 6 aromatic rings. The van der Waals surface area contributed by atoms with Crippen LogP contribution >= 0.6 is 11.6 Å². The van der Waals surface area contributed by atoms with Crippen molar-refractivity contribution >= 4 is 17.4 Å². The number of halogens is 1. The molecule has 0 amide bonds. The van der Waals surface area contributed by atoms with Crippen LogP contribution in [0.1, 0.15) is 54.7 Å². The zero-order valence-corrected chi connectivity index (χ0v) is 33.8. The molecule has 0 atom stereocenters. The van der Waals surface area contributed by atoms with Crippen molar-refractivity contribution in [3.63, 3.8) is 0 Å². The summed E-state index contributed by atoms with van der Waals surface area (Å²) in [5.74, 6) is 2.93. The quantitative estimate of drug-likeness (QED) is 0.123. The van der Waals surface area contributed by atoms with E-state index in [1.165, 1.54) is 0 Å². The summed E-state index contributed by atoms with van der Waals surface area (Å²) in [5, 5.41) is 42.2. The first-order valence-electron chi connectivity index (χ1n) is 18.9. The monoisotopic (exact) mass is 848 g/mol. The molecule has 4 aromatic carbocycles. The highest BCUT2D eigenvalue weighted by atomic mass is 35.5. The van der Waals surface area contributed by atoms with E-state index in [9.17, 15) is 21.0 Å². The Morgan fingerprint density at radius 3 is 1.47 bits per heavy atom. The third-order valence-electron chi connectivity index (χ3n) is 8.83. The van der Waals surface area contributed by atoms with Gasteiger partial charge in [0.25, 0.3) is 0 Å². The second kappa shape index (κ2) is 21.8. The van der Waals surface area contributed by atoms with Crippen LogP contribution in [0.25, 0.3) is 22.3 Å². The first-order valence-corrected chi connectivity index (χ1v) is 19.2. The molecule has 3 N–H and O–H groups in total. The Kier molecular flexibility index (Phi) is 15.9. The van der Waals surface area contributed by atoms with Crippen LogP contribution in [0, 0.1) is 45.3 Å². The second-order valence-electron chi connectivity index (χ2n) is 12.8. The van der Waals surface area contributed by atoms with E-state index in [2.05, 4.69) is 33.5 Å². The minimum absolute atomic E-state index is 0. The van der Waals surface area contributed by atoms with Gasteiger partial charge < -0.3 is 39.5 Å². The first-order chi connectivity index (χ1) is 29.9. The van der Waals surface area contributed by atoms with Crippen molar-refractivity contribution in [2.75, 3.05) is 32.0 Å². The van der Waals surface area contributed by atoms with Crippen molar-refractivity contribution < 1.29 is 28.4 Å². The Labute approximate surface area is 364 Å². The van der Waals surface area contributed by atoms with Gasteiger partial charge in [0.1, 0.15) is 60.0 Å². The third kappa shape index (κ3) is 10.2. The van der Waals surface area contributed by atoms with Gasteiger partial charge in [0.15, 0.2) is 28.2 Å². The van der Waals surface area contributed by atoms with Crippen LogP contribution in [0.2, 0.25) is 5.15 Å². The third-order valence-corrected chi connectivity index (χ3v) is 9.11. The molecule has 0 fully saturated rings. The fourth-order valence-corrected chi connectivity index (χ4v) is 6.37. The van der Waals surface area contributed by atoms with E-state index in [1.807, 2.05) is 80.6 Å². The van der Waals surface area contributed by atoms with Gasteiger partial charge in [-0.05, 0) is 60.0 Å². The zero-order valence-electron chi connectivity index (χ0n) is 33.1. The van der Waals surface area contributed by atoms with Gasteiger partial charge in [-0.3, -0.25) is 0 Å². The number of nitriles is 4. The number of nitrogens with one attached hydrogen (secondary N) is 1. The minimum atomic E-state index is -0.0303. The lowest BCUT2D eigenvalue weighted by Gasteiger charge is -2.16. The summed E-state index contributed by atoms with van der Waals surface area (Å²) in [6.07, 6.45) is 0. The smallest absolute Gasteiger partial charge is 0.234 e. The van der Waals surface area contributed by atoms with Crippen molar-refractivity contribution in [2.24, 2.45) is 5.73 Å². The number of nitrogens with two attached hydrogens (primary N) is 1. The van der Waals surface area contributed by atoms with Crippen LogP contribution in [0.15, 0.2) is 97.1 Å². The van der Waals surface area contributed by atoms with Gasteiger partial charge in [0, 0.05) is 17.7 Å². The molecule has 312 valence electrons. The Morgan fingerprint density at radius 2 is 1.03 bits per heavy atom. The Hall–Kier alpha value is -8.01. The minimum Gasteiger partial charge on any atom is -0.472 e. The molecule has 0 bridgehead atoms. The standard InChI is InChI=1S/C23H18N4O3.C21H12ClN3O3.C2H7N.CH4/c1-2-26-22-17(11-24)21(16-8-9-19-20(10-16)30-14-29-19)18(12-25)23(27-22)28-13-15-6-4-3-5-7-15;22-20-15(9-23)19(14-6-7-17-18(8-14)28-12-27-17)16(10-24)21(25-20)26-11-13-4-2-1-3-5-13;1-2-3;/h3-10H,2,13-14H2,1H3,(H,26,27);1-8H,11-12H2;2-3H2,1H3;1H4. The van der Waals surface area contributed by atoms with Crippen molar-refractivity contribution in [2.45, 2.75) is 34.5 Å². The number of pyridine rings is 2. The number of hydrogen-bond donors (Lipinski definition) is 2. The number of rotatable bonds is 10. The maximum atomic E-state index is 9.94. The summed E-state index contributed by atoms with van der Waals surface area (Å²) in [7, 11) is 0. The second-order valence-corrected chi connectivity index (χ2v) is 13.2. The summed E-state index contributed by atoms with van der Waals surface area (Å²) >= 11 is 6.23. The van der Waals surface area contributed by atoms with Crippen LogP contribution in [0.3, 0.4) is 0 Å². The number of ether oxygens (including phenoxy) is 6. The van der Waals surface area contributed by atoms with Gasteiger partial charge in [-0.25, -0.2) is 0 Å². The number of anilines is 1. The molecule has 0 spiro atoms. The summed E-state index contributed by atoms with van der Waals surface area (Å²) in [6, 6.07) is 38.1. The van der Waals surface area contributed by atoms with Crippen LogP contribution in [0.5, 0.6) is 34.8 Å². The molecule has 2 aliphatic rings. The molecule has 0 aliphatic carbocycles. The molecule has 2 aromatic heterocycles. The molecular formula is C47H41ClN8O6. The molecule has 62 heavy (non-hydrogen) atoms. The highest BCUT2D eigenvalue weighted by molar-refractivity contribution is 6.31. The van der Waals surface area contributed by atoms with Crippen molar-refractivity contribution in [3.05, 3.63) is 136 Å². The molecule has 0 unspecified atom stereocenters. The number of hydrogen-bond acceptors (Lipinski definition) is 14. The lowest BCUT2D eigenvalue weighted by molar-refractivity contribution is 0.173. The Bertz CT molecular complexity index is 2690. The average Bonchev–Trinajstić information content (AvgIpc) is 3.98. The van der Waals surface area contributed by atoms with Gasteiger partial charge in [0.05, 0.1) is 5.56 Å². The fourth-order valence-electron chi connectivity index (χ4n) is 6.16. The normalized spacial score (nSPS) is 11.0. The molecule has 8 rings (SSSR count). The maximum Gasteiger partial charge on any atom is 0.234 e. The van der Waals surface area contributed by atoms with Crippen molar-refractivity contribution in [1.29, 1.82) is 21.0 Å². The van der Waals surface area contributed by atoms with Gasteiger partial charge in [-0.15, -0.1) is 0 Å². The van der Waals surface area contributed by atoms with Gasteiger partial charge in [0.2, 0.25) is 25.3 Å². The highest BCUT2D eigenvalue weighted by Crippen LogP contribution is 2.43. The van der Waals surface area contributed by atoms with Crippen LogP contribution < -0.4 is 39.5 Å². The van der Waals surface area contributed by atoms with E-state index >= 15 is 0 Å². The maximum absolute atomic E-state index is 9.94. The topological polar surface area (TPSA) is 214 Å². The van der Waals surface area contributed by atoms with Crippen molar-refractivity contribution in [3.8, 4) is 81.3 Å². The van der Waals surface area contributed by atoms with E-state index in [-0.39, 0.29) is 73.4 Å². The van der Waals surface area contributed by atoms with Crippen LogP contribution in [0.4, 0.5) is 5.82 Å². The zero-order chi connectivity index (χ0) is 43.1. The number of nitrogens with zero attached hydrogens (tertiary/aromatic N) is 6. The highest BCUT2D eigenvalue weighted by Gasteiger charge is 2.26. The number of aromatic nitrogens is 2. The Balaban J connectivity index is 0.000000217. The van der Waals surface area contributed by atoms with E-state index < -0.39 is 0 Å². The predicted molar refractivity (Wildman–Crippen MR) is 233 cm³/mol. The summed E-state index contributed by atoms with van der Waals surface area (Å²) in [5.41, 5.74) is 9.46. The predicted octanol–water partition coefficient (Wildman–Crippen LogP) is 9.29. The van der Waals surface area contributed by atoms with Crippen LogP contribution in [-0.4, -0.2) is 36.6 Å². The van der Waals surface area contributed by atoms with Gasteiger partial charge in [-0.1, -0.05) is 98.7 Å². The fraction of sp³-hybridized carbons (Fsp3) is 0.191. The molecular weight excluding hydrogens is 808 g/mol. The molecule has 4 heterocycles. The number of benzene rings is 4. The van der Waals surface area contributed by atoms with Crippen LogP contribution in [-0.2, 0) is 13.2 Å². The van der Waals surface area contributed by atoms with Crippen molar-refractivity contribution in [1.82, 2.24) is 9.97 Å². The molecule has 14 nitrogen and oxygen atoms in total. The first kappa shape index (κ1) is 45.1. The van der Waals surface area contributed by atoms with E-state index in [1.54, 1.807) is 36.4 Å². The molecule has 2 aliphatic heterocycles. The molecule has 0 saturated heterocycles. The molecule has 0 radical (unpaired) electrons. The summed E-state index contributed by atoms with van der Waals surface area (Å²) in [4.78, 5) is 8.57. The largest absolute Gasteiger partial charge is 0.472 e. The van der Waals surface area contributed by atoms with E-state index in [4.69, 9.17) is 45.8 Å². The summed E-state index contributed by atoms with van der Waals surface area (Å²) < 4.78 is 33.3. The number of fused-ring (bicyclic) bond motifs is 2. The lowest BCUT2D eigenvalue weighted by atomic mass is 9.96.